The first-order valence-electron chi connectivity index (χ1n) is 4.24. The molecule has 0 heterocycles. The van der Waals surface area contributed by atoms with Gasteiger partial charge in [-0.2, -0.15) is 0 Å². The minimum atomic E-state index is -0.471. The highest BCUT2D eigenvalue weighted by molar-refractivity contribution is 5.99. The van der Waals surface area contributed by atoms with E-state index in [9.17, 15) is 4.79 Å². The topological polar surface area (TPSA) is 55.4 Å². The van der Waals surface area contributed by atoms with E-state index in [0.717, 1.165) is 0 Å². The number of aliphatic imine (C=N–C) groups is 1. The van der Waals surface area contributed by atoms with Crippen LogP contribution < -0.4 is 5.73 Å². The van der Waals surface area contributed by atoms with E-state index in [1.807, 2.05) is 0 Å². The summed E-state index contributed by atoms with van der Waals surface area (Å²) in [6.07, 6.45) is 3.90. The summed E-state index contributed by atoms with van der Waals surface area (Å²) in [7, 11) is 0. The number of Topliss-reactive ketones (excluding diaryl/α,β-unsaturated/α-hetero) is 1. The van der Waals surface area contributed by atoms with Crippen LogP contribution in [0.3, 0.4) is 0 Å². The van der Waals surface area contributed by atoms with Crippen molar-refractivity contribution < 1.29 is 4.79 Å². The van der Waals surface area contributed by atoms with Crippen LogP contribution in [-0.4, -0.2) is 17.5 Å². The molecular weight excluding hydrogens is 164 g/mol. The van der Waals surface area contributed by atoms with Crippen molar-refractivity contribution in [3.05, 3.63) is 25.4 Å². The Balaban J connectivity index is 4.24. The van der Waals surface area contributed by atoms with Gasteiger partial charge in [0.15, 0.2) is 0 Å². The molecule has 0 aliphatic rings. The molecule has 1 unspecified atom stereocenters. The molecule has 0 aliphatic heterocycles. The first-order valence-corrected chi connectivity index (χ1v) is 4.24. The van der Waals surface area contributed by atoms with E-state index in [-0.39, 0.29) is 5.78 Å². The first kappa shape index (κ1) is 11.8. The van der Waals surface area contributed by atoms with Gasteiger partial charge in [0.25, 0.3) is 0 Å². The molecule has 0 rings (SSSR count). The number of hydrogen-bond acceptors (Lipinski definition) is 3. The minimum Gasteiger partial charge on any atom is -0.321 e. The molecule has 0 fully saturated rings. The Morgan fingerprint density at radius 1 is 1.62 bits per heavy atom. The van der Waals surface area contributed by atoms with Crippen molar-refractivity contribution in [3.63, 3.8) is 0 Å². The Morgan fingerprint density at radius 3 is 2.62 bits per heavy atom. The lowest BCUT2D eigenvalue weighted by atomic mass is 10.0. The maximum absolute atomic E-state index is 11.1. The van der Waals surface area contributed by atoms with Crippen LogP contribution in [0.2, 0.25) is 0 Å². The van der Waals surface area contributed by atoms with Crippen molar-refractivity contribution in [2.45, 2.75) is 25.8 Å². The van der Waals surface area contributed by atoms with Crippen LogP contribution in [0.5, 0.6) is 0 Å². The molecular formula is C10H16N2O. The molecule has 0 bridgehead atoms. The minimum absolute atomic E-state index is 0.0404. The molecule has 0 aromatic rings. The molecule has 72 valence electrons. The lowest BCUT2D eigenvalue weighted by Crippen LogP contribution is -2.31. The van der Waals surface area contributed by atoms with Crippen molar-refractivity contribution in [2.24, 2.45) is 10.7 Å². The molecule has 3 heteroatoms. The van der Waals surface area contributed by atoms with Crippen molar-refractivity contribution in [2.75, 3.05) is 0 Å². The summed E-state index contributed by atoms with van der Waals surface area (Å²) in [5, 5.41) is 0. The lowest BCUT2D eigenvalue weighted by Gasteiger charge is -2.08. The zero-order valence-corrected chi connectivity index (χ0v) is 7.99. The first-order chi connectivity index (χ1) is 6.15. The van der Waals surface area contributed by atoms with Gasteiger partial charge >= 0.3 is 0 Å². The Kier molecular flexibility index (Phi) is 5.72. The third kappa shape index (κ3) is 4.38. The van der Waals surface area contributed by atoms with Crippen LogP contribution in [0.4, 0.5) is 0 Å². The van der Waals surface area contributed by atoms with Crippen LogP contribution in [0, 0.1) is 0 Å². The van der Waals surface area contributed by atoms with Crippen molar-refractivity contribution in [1.29, 1.82) is 0 Å². The van der Waals surface area contributed by atoms with E-state index in [1.165, 1.54) is 6.20 Å². The number of nitrogens with zero attached hydrogens (tertiary/aromatic N) is 1. The number of ketones is 1. The fourth-order valence-corrected chi connectivity index (χ4v) is 0.907. The number of nitrogens with two attached hydrogens (primary N) is 1. The SMILES string of the molecule is C=CN=C(C=C)CC(N)C(=O)CC. The van der Waals surface area contributed by atoms with E-state index >= 15 is 0 Å². The highest BCUT2D eigenvalue weighted by atomic mass is 16.1. The summed E-state index contributed by atoms with van der Waals surface area (Å²) in [5.41, 5.74) is 6.32. The van der Waals surface area contributed by atoms with E-state index in [2.05, 4.69) is 18.2 Å². The van der Waals surface area contributed by atoms with Gasteiger partial charge in [0.05, 0.1) is 6.04 Å². The summed E-state index contributed by atoms with van der Waals surface area (Å²) in [5.74, 6) is 0.0404. The quantitative estimate of drug-likeness (QED) is 0.629. The molecule has 0 aromatic carbocycles. The van der Waals surface area contributed by atoms with Gasteiger partial charge in [0.1, 0.15) is 5.78 Å². The molecule has 0 aromatic heterocycles. The fourth-order valence-electron chi connectivity index (χ4n) is 0.907. The molecule has 0 saturated heterocycles. The maximum atomic E-state index is 11.1. The summed E-state index contributed by atoms with van der Waals surface area (Å²) in [6, 6.07) is -0.471. The van der Waals surface area contributed by atoms with E-state index in [1.54, 1.807) is 13.0 Å². The normalized spacial score (nSPS) is 13.5. The lowest BCUT2D eigenvalue weighted by molar-refractivity contribution is -0.119. The third-order valence-electron chi connectivity index (χ3n) is 1.68. The number of hydrogen-bond donors (Lipinski definition) is 1. The van der Waals surface area contributed by atoms with Crippen molar-refractivity contribution in [1.82, 2.24) is 0 Å². The van der Waals surface area contributed by atoms with Crippen LogP contribution in [0.1, 0.15) is 19.8 Å². The second kappa shape index (κ2) is 6.31. The average molecular weight is 180 g/mol. The van der Waals surface area contributed by atoms with Gasteiger partial charge in [-0.25, -0.2) is 0 Å². The molecule has 2 N–H and O–H groups in total. The second-order valence-corrected chi connectivity index (χ2v) is 2.64. The molecule has 0 spiro atoms. The molecule has 3 nitrogen and oxygen atoms in total. The Bertz CT molecular complexity index is 231. The average Bonchev–Trinajstić information content (AvgIpc) is 2.15. The summed E-state index contributed by atoms with van der Waals surface area (Å²) in [6.45, 7) is 8.82. The molecule has 0 aliphatic carbocycles. The standard InChI is InChI=1S/C10H16N2O/c1-4-8(12-6-3)7-9(11)10(13)5-2/h4,6,9H,1,3,5,7,11H2,2H3. The molecule has 13 heavy (non-hydrogen) atoms. The van der Waals surface area contributed by atoms with E-state index < -0.39 is 6.04 Å². The number of rotatable bonds is 6. The molecule has 0 amide bonds. The van der Waals surface area contributed by atoms with E-state index in [4.69, 9.17) is 5.73 Å². The smallest absolute Gasteiger partial charge is 0.149 e. The maximum Gasteiger partial charge on any atom is 0.149 e. The van der Waals surface area contributed by atoms with Gasteiger partial charge in [0, 0.05) is 24.8 Å². The second-order valence-electron chi connectivity index (χ2n) is 2.64. The number of carbonyl (C=O) groups is 1. The molecule has 0 radical (unpaired) electrons. The Morgan fingerprint density at radius 2 is 2.23 bits per heavy atom. The third-order valence-corrected chi connectivity index (χ3v) is 1.68. The highest BCUT2D eigenvalue weighted by Crippen LogP contribution is 1.98. The van der Waals surface area contributed by atoms with Gasteiger partial charge < -0.3 is 5.73 Å². The van der Waals surface area contributed by atoms with Crippen LogP contribution in [0.15, 0.2) is 30.4 Å². The fraction of sp³-hybridized carbons (Fsp3) is 0.400. The van der Waals surface area contributed by atoms with Gasteiger partial charge in [0.2, 0.25) is 0 Å². The van der Waals surface area contributed by atoms with Crippen molar-refractivity contribution >= 4 is 11.5 Å². The van der Waals surface area contributed by atoms with Gasteiger partial charge in [-0.1, -0.05) is 20.1 Å². The zero-order chi connectivity index (χ0) is 10.3. The molecule has 1 atom stereocenters. The zero-order valence-electron chi connectivity index (χ0n) is 7.99. The summed E-state index contributed by atoms with van der Waals surface area (Å²) in [4.78, 5) is 15.1. The van der Waals surface area contributed by atoms with Crippen LogP contribution in [0.25, 0.3) is 0 Å². The van der Waals surface area contributed by atoms with Gasteiger partial charge in [-0.15, -0.1) is 0 Å². The number of carbonyl (C=O) groups excluding carboxylic acids is 1. The Hall–Kier alpha value is -1.22. The monoisotopic (exact) mass is 180 g/mol. The van der Waals surface area contributed by atoms with Crippen LogP contribution in [-0.2, 0) is 4.79 Å². The summed E-state index contributed by atoms with van der Waals surface area (Å²) >= 11 is 0. The molecule has 0 saturated carbocycles. The highest BCUT2D eigenvalue weighted by Gasteiger charge is 2.12. The van der Waals surface area contributed by atoms with Gasteiger partial charge in [-0.05, 0) is 6.08 Å². The summed E-state index contributed by atoms with van der Waals surface area (Å²) < 4.78 is 0. The predicted octanol–water partition coefficient (Wildman–Crippen LogP) is 1.45. The van der Waals surface area contributed by atoms with Gasteiger partial charge in [-0.3, -0.25) is 9.79 Å². The largest absolute Gasteiger partial charge is 0.321 e. The number of allylic oxidation sites excluding steroid dienone is 1. The Labute approximate surface area is 79.0 Å². The van der Waals surface area contributed by atoms with Crippen molar-refractivity contribution in [3.8, 4) is 0 Å². The predicted molar refractivity (Wildman–Crippen MR) is 55.7 cm³/mol. The van der Waals surface area contributed by atoms with E-state index in [0.29, 0.717) is 18.6 Å². The van der Waals surface area contributed by atoms with Crippen LogP contribution >= 0.6 is 0 Å².